The Kier molecular flexibility index (Phi) is 6.61. The topological polar surface area (TPSA) is 75.7 Å². The lowest BCUT2D eigenvalue weighted by molar-refractivity contribution is -0.137. The first kappa shape index (κ1) is 23.4. The highest BCUT2D eigenvalue weighted by Crippen LogP contribution is 2.37. The summed E-state index contributed by atoms with van der Waals surface area (Å²) < 4.78 is 44.8. The Balaban J connectivity index is 2.10. The molecule has 6 nitrogen and oxygen atoms in total. The van der Waals surface area contributed by atoms with Crippen molar-refractivity contribution in [2.75, 3.05) is 11.5 Å². The van der Waals surface area contributed by atoms with E-state index in [1.807, 2.05) is 5.32 Å². The number of carbonyl (C=O) groups excluding carboxylic acids is 3. The molecule has 1 saturated heterocycles. The molecule has 1 fully saturated rings. The quantitative estimate of drug-likeness (QED) is 0.357. The predicted octanol–water partition coefficient (Wildman–Crippen LogP) is 5.24. The predicted molar refractivity (Wildman–Crippen MR) is 113 cm³/mol. The van der Waals surface area contributed by atoms with E-state index < -0.39 is 40.8 Å². The van der Waals surface area contributed by atoms with Crippen molar-refractivity contribution in [1.82, 2.24) is 5.32 Å². The van der Waals surface area contributed by atoms with Gasteiger partial charge in [-0.1, -0.05) is 35.9 Å². The largest absolute Gasteiger partial charge is 0.489 e. The third-order valence-corrected chi connectivity index (χ3v) is 4.80. The molecule has 1 aliphatic rings. The average Bonchev–Trinajstić information content (AvgIpc) is 2.70. The Morgan fingerprint density at radius 2 is 1.81 bits per heavy atom. The first-order chi connectivity index (χ1) is 15.0. The highest BCUT2D eigenvalue weighted by molar-refractivity contribution is 6.42. The number of hydrogen-bond donors (Lipinski definition) is 1. The lowest BCUT2D eigenvalue weighted by Gasteiger charge is -2.27. The number of barbiturate groups is 1. The van der Waals surface area contributed by atoms with Crippen molar-refractivity contribution in [3.05, 3.63) is 75.8 Å². The number of imide groups is 2. The molecule has 0 radical (unpaired) electrons. The van der Waals surface area contributed by atoms with E-state index >= 15 is 0 Å². The minimum atomic E-state index is -4.75. The Hall–Kier alpha value is -3.30. The van der Waals surface area contributed by atoms with E-state index in [0.717, 1.165) is 12.1 Å². The second-order valence-corrected chi connectivity index (χ2v) is 7.25. The van der Waals surface area contributed by atoms with Gasteiger partial charge in [0.25, 0.3) is 11.8 Å². The van der Waals surface area contributed by atoms with Crippen LogP contribution in [0, 0.1) is 0 Å². The van der Waals surface area contributed by atoms with E-state index in [9.17, 15) is 27.6 Å². The van der Waals surface area contributed by atoms with Crippen molar-refractivity contribution in [2.45, 2.75) is 6.18 Å². The summed E-state index contributed by atoms with van der Waals surface area (Å²) in [6.45, 7) is 3.64. The highest BCUT2D eigenvalue weighted by atomic mass is 35.5. The van der Waals surface area contributed by atoms with E-state index in [-0.39, 0.29) is 28.0 Å². The zero-order valence-corrected chi connectivity index (χ0v) is 17.5. The van der Waals surface area contributed by atoms with Gasteiger partial charge in [0, 0.05) is 10.6 Å². The zero-order valence-electron chi connectivity index (χ0n) is 16.0. The van der Waals surface area contributed by atoms with Gasteiger partial charge in [0.05, 0.1) is 16.3 Å². The van der Waals surface area contributed by atoms with E-state index in [1.54, 1.807) is 0 Å². The van der Waals surface area contributed by atoms with Crippen LogP contribution in [0.15, 0.2) is 54.6 Å². The molecule has 0 aromatic heterocycles. The summed E-state index contributed by atoms with van der Waals surface area (Å²) in [7, 11) is 0. The normalized spacial score (nSPS) is 15.7. The van der Waals surface area contributed by atoms with Crippen LogP contribution in [0.5, 0.6) is 5.75 Å². The van der Waals surface area contributed by atoms with E-state index in [0.29, 0.717) is 17.0 Å². The minimum absolute atomic E-state index is 0.113. The lowest BCUT2D eigenvalue weighted by atomic mass is 10.1. The smallest absolute Gasteiger partial charge is 0.416 e. The number of halogens is 5. The Morgan fingerprint density at radius 3 is 2.47 bits per heavy atom. The van der Waals surface area contributed by atoms with E-state index in [4.69, 9.17) is 27.9 Å². The fourth-order valence-corrected chi connectivity index (χ4v) is 3.19. The van der Waals surface area contributed by atoms with Crippen molar-refractivity contribution >= 4 is 52.8 Å². The van der Waals surface area contributed by atoms with Gasteiger partial charge in [-0.3, -0.25) is 14.9 Å². The molecule has 11 heteroatoms. The van der Waals surface area contributed by atoms with Gasteiger partial charge in [-0.05, 0) is 42.5 Å². The summed E-state index contributed by atoms with van der Waals surface area (Å²) in [5.74, 6) is -1.97. The number of benzene rings is 2. The fourth-order valence-electron chi connectivity index (χ4n) is 2.80. The van der Waals surface area contributed by atoms with Crippen molar-refractivity contribution < 1.29 is 32.3 Å². The van der Waals surface area contributed by atoms with Gasteiger partial charge < -0.3 is 4.74 Å². The van der Waals surface area contributed by atoms with Crippen LogP contribution < -0.4 is 15.0 Å². The lowest BCUT2D eigenvalue weighted by Crippen LogP contribution is -2.54. The number of urea groups is 1. The van der Waals surface area contributed by atoms with Gasteiger partial charge in [0.15, 0.2) is 0 Å². The third-order valence-electron chi connectivity index (χ3n) is 4.24. The molecule has 1 aliphatic heterocycles. The SMILES string of the molecule is C=CCOc1ccc(Cl)cc1/C=C1/C(=O)NC(=O)N(c2cc(C(F)(F)F)ccc2Cl)C1=O. The van der Waals surface area contributed by atoms with Gasteiger partial charge in [0.2, 0.25) is 0 Å². The standard InChI is InChI=1S/C21H13Cl2F3N2O4/c1-2-7-32-17-6-4-13(22)8-11(17)9-14-18(29)27-20(31)28(19(14)30)16-10-12(21(24,25)26)3-5-15(16)23/h2-6,8-10H,1,7H2,(H,27,29,31)/b14-9-. The van der Waals surface area contributed by atoms with Crippen LogP contribution in [0.25, 0.3) is 6.08 Å². The number of rotatable bonds is 5. The van der Waals surface area contributed by atoms with Gasteiger partial charge in [-0.2, -0.15) is 13.2 Å². The minimum Gasteiger partial charge on any atom is -0.489 e. The van der Waals surface area contributed by atoms with Gasteiger partial charge in [0.1, 0.15) is 17.9 Å². The second-order valence-electron chi connectivity index (χ2n) is 6.40. The Bertz CT molecular complexity index is 1160. The number of alkyl halides is 3. The number of nitrogens with one attached hydrogen (secondary N) is 1. The van der Waals surface area contributed by atoms with Gasteiger partial charge in [-0.25, -0.2) is 9.69 Å². The highest BCUT2D eigenvalue weighted by Gasteiger charge is 2.39. The van der Waals surface area contributed by atoms with Gasteiger partial charge in [-0.15, -0.1) is 0 Å². The van der Waals surface area contributed by atoms with Crippen LogP contribution in [0.4, 0.5) is 23.7 Å². The first-order valence-electron chi connectivity index (χ1n) is 8.84. The summed E-state index contributed by atoms with van der Waals surface area (Å²) in [4.78, 5) is 38.1. The second kappa shape index (κ2) is 9.05. The number of ether oxygens (including phenoxy) is 1. The van der Waals surface area contributed by atoms with Crippen molar-refractivity contribution in [2.24, 2.45) is 0 Å². The molecular weight excluding hydrogens is 472 g/mol. The summed E-state index contributed by atoms with van der Waals surface area (Å²) in [6.07, 6.45) is -2.16. The monoisotopic (exact) mass is 484 g/mol. The molecule has 166 valence electrons. The Labute approximate surface area is 189 Å². The summed E-state index contributed by atoms with van der Waals surface area (Å²) in [5, 5.41) is 1.89. The molecule has 0 spiro atoms. The molecule has 1 heterocycles. The van der Waals surface area contributed by atoms with E-state index in [1.165, 1.54) is 24.3 Å². The molecule has 0 atom stereocenters. The third kappa shape index (κ3) is 4.79. The van der Waals surface area contributed by atoms with Crippen LogP contribution in [-0.2, 0) is 15.8 Å². The summed E-state index contributed by atoms with van der Waals surface area (Å²) >= 11 is 12.0. The van der Waals surface area contributed by atoms with Crippen LogP contribution in [0.2, 0.25) is 10.0 Å². The van der Waals surface area contributed by atoms with Crippen molar-refractivity contribution in [3.63, 3.8) is 0 Å². The van der Waals surface area contributed by atoms with Crippen LogP contribution >= 0.6 is 23.2 Å². The number of nitrogens with zero attached hydrogens (tertiary/aromatic N) is 1. The van der Waals surface area contributed by atoms with Crippen LogP contribution in [-0.4, -0.2) is 24.5 Å². The number of amides is 4. The molecule has 0 bridgehead atoms. The number of hydrogen-bond acceptors (Lipinski definition) is 4. The maximum absolute atomic E-state index is 13.1. The molecule has 32 heavy (non-hydrogen) atoms. The molecule has 1 N–H and O–H groups in total. The van der Waals surface area contributed by atoms with Crippen LogP contribution in [0.3, 0.4) is 0 Å². The average molecular weight is 485 g/mol. The van der Waals surface area contributed by atoms with Crippen molar-refractivity contribution in [3.8, 4) is 5.75 Å². The zero-order chi connectivity index (χ0) is 23.6. The Morgan fingerprint density at radius 1 is 1.09 bits per heavy atom. The van der Waals surface area contributed by atoms with Crippen LogP contribution in [0.1, 0.15) is 11.1 Å². The molecule has 2 aromatic carbocycles. The maximum Gasteiger partial charge on any atom is 0.416 e. The molecule has 0 aliphatic carbocycles. The number of carbonyl (C=O) groups is 3. The van der Waals surface area contributed by atoms with Gasteiger partial charge >= 0.3 is 12.2 Å². The maximum atomic E-state index is 13.1. The fraction of sp³-hybridized carbons (Fsp3) is 0.0952. The first-order valence-corrected chi connectivity index (χ1v) is 9.60. The molecule has 2 aromatic rings. The summed E-state index contributed by atoms with van der Waals surface area (Å²) in [5.41, 5.74) is -1.97. The molecule has 0 saturated carbocycles. The number of anilines is 1. The molecule has 0 unspecified atom stereocenters. The molecule has 3 rings (SSSR count). The van der Waals surface area contributed by atoms with Crippen molar-refractivity contribution in [1.29, 1.82) is 0 Å². The molecule has 4 amide bonds. The van der Waals surface area contributed by atoms with E-state index in [2.05, 4.69) is 6.58 Å². The summed E-state index contributed by atoms with van der Waals surface area (Å²) in [6, 6.07) is 5.33. The molecular formula is C21H13Cl2F3N2O4.